The molecule has 3 aliphatic heterocycles. The van der Waals surface area contributed by atoms with Crippen LogP contribution in [-0.2, 0) is 4.84 Å². The van der Waals surface area contributed by atoms with Crippen molar-refractivity contribution < 1.29 is 14.3 Å². The van der Waals surface area contributed by atoms with Crippen molar-refractivity contribution in [2.24, 2.45) is 11.1 Å². The Morgan fingerprint density at radius 1 is 1.12 bits per heavy atom. The molecule has 33 heavy (non-hydrogen) atoms. The van der Waals surface area contributed by atoms with Crippen LogP contribution < -0.4 is 9.47 Å². The highest BCUT2D eigenvalue weighted by atomic mass is 16.6. The van der Waals surface area contributed by atoms with Crippen LogP contribution in [0.5, 0.6) is 11.5 Å². The molecule has 0 radical (unpaired) electrons. The molecule has 0 aromatic heterocycles. The molecule has 6 heteroatoms. The molecule has 6 nitrogen and oxygen atoms in total. The van der Waals surface area contributed by atoms with Gasteiger partial charge in [-0.3, -0.25) is 9.80 Å². The fourth-order valence-electron chi connectivity index (χ4n) is 5.03. The molecule has 2 atom stereocenters. The van der Waals surface area contributed by atoms with E-state index in [9.17, 15) is 0 Å². The first-order valence-corrected chi connectivity index (χ1v) is 11.8. The van der Waals surface area contributed by atoms with E-state index in [4.69, 9.17) is 14.3 Å². The van der Waals surface area contributed by atoms with Crippen molar-refractivity contribution in [3.05, 3.63) is 64.7 Å². The van der Waals surface area contributed by atoms with Crippen LogP contribution >= 0.6 is 0 Å². The van der Waals surface area contributed by atoms with Crippen molar-refractivity contribution in [2.45, 2.75) is 20.0 Å². The molecule has 1 fully saturated rings. The zero-order valence-electron chi connectivity index (χ0n) is 19.8. The predicted octanol–water partition coefficient (Wildman–Crippen LogP) is 3.84. The number of hydrogen-bond acceptors (Lipinski definition) is 6. The van der Waals surface area contributed by atoms with E-state index in [1.165, 1.54) is 11.1 Å². The number of rotatable bonds is 6. The largest absolute Gasteiger partial charge is 0.496 e. The lowest BCUT2D eigenvalue weighted by Crippen LogP contribution is -2.50. The van der Waals surface area contributed by atoms with Crippen LogP contribution in [-0.4, -0.2) is 74.6 Å². The number of piperazine rings is 1. The molecular weight excluding hydrogens is 414 g/mol. The van der Waals surface area contributed by atoms with Gasteiger partial charge in [0.05, 0.1) is 13.0 Å². The van der Waals surface area contributed by atoms with Gasteiger partial charge in [-0.25, -0.2) is 0 Å². The minimum Gasteiger partial charge on any atom is -0.496 e. The second kappa shape index (κ2) is 9.57. The zero-order valence-corrected chi connectivity index (χ0v) is 19.8. The highest BCUT2D eigenvalue weighted by molar-refractivity contribution is 6.06. The minimum absolute atomic E-state index is 0.0340. The van der Waals surface area contributed by atoms with Crippen molar-refractivity contribution in [2.75, 3.05) is 53.0 Å². The molecule has 0 amide bonds. The van der Waals surface area contributed by atoms with Crippen LogP contribution in [0, 0.1) is 12.8 Å². The molecule has 3 aliphatic rings. The average molecular weight is 448 g/mol. The fraction of sp³-hybridized carbons (Fsp3) is 0.444. The lowest BCUT2D eigenvalue weighted by molar-refractivity contribution is 0.0101. The number of ether oxygens (including phenoxy) is 2. The van der Waals surface area contributed by atoms with Crippen molar-refractivity contribution in [1.82, 2.24) is 9.80 Å². The first-order chi connectivity index (χ1) is 16.1. The highest BCUT2D eigenvalue weighted by Gasteiger charge is 2.41. The summed E-state index contributed by atoms with van der Waals surface area (Å²) in [4.78, 5) is 11.0. The third kappa shape index (κ3) is 4.77. The van der Waals surface area contributed by atoms with Gasteiger partial charge in [0, 0.05) is 44.8 Å². The molecule has 0 saturated carbocycles. The molecule has 2 unspecified atom stereocenters. The second-order valence-corrected chi connectivity index (χ2v) is 9.33. The van der Waals surface area contributed by atoms with Gasteiger partial charge >= 0.3 is 0 Å². The third-order valence-corrected chi connectivity index (χ3v) is 6.87. The smallest absolute Gasteiger partial charge is 0.151 e. The number of aryl methyl sites for hydroxylation is 1. The van der Waals surface area contributed by atoms with Gasteiger partial charge in [0.2, 0.25) is 0 Å². The molecule has 2 aromatic rings. The van der Waals surface area contributed by atoms with Crippen LogP contribution in [0.25, 0.3) is 6.08 Å². The topological polar surface area (TPSA) is 46.5 Å². The quantitative estimate of drug-likeness (QED) is 0.674. The molecule has 0 aliphatic carbocycles. The number of nitrogens with zero attached hydrogens (tertiary/aromatic N) is 3. The van der Waals surface area contributed by atoms with Crippen molar-refractivity contribution in [1.29, 1.82) is 0 Å². The minimum atomic E-state index is 0.0340. The summed E-state index contributed by atoms with van der Waals surface area (Å²) in [6.45, 7) is 11.0. The van der Waals surface area contributed by atoms with Crippen LogP contribution in [0.1, 0.15) is 23.6 Å². The Labute approximate surface area is 196 Å². The molecule has 2 aromatic carbocycles. The summed E-state index contributed by atoms with van der Waals surface area (Å²) in [6, 6.07) is 14.6. The summed E-state index contributed by atoms with van der Waals surface area (Å²) in [5, 5.41) is 4.48. The Hall–Kier alpha value is -2.83. The normalized spacial score (nSPS) is 23.2. The molecule has 0 N–H and O–H groups in total. The summed E-state index contributed by atoms with van der Waals surface area (Å²) in [7, 11) is 1.70. The molecular formula is C27H33N3O3. The maximum absolute atomic E-state index is 6.10. The van der Waals surface area contributed by atoms with Crippen LogP contribution in [0.4, 0.5) is 0 Å². The van der Waals surface area contributed by atoms with E-state index >= 15 is 0 Å². The van der Waals surface area contributed by atoms with E-state index < -0.39 is 0 Å². The Bertz CT molecular complexity index is 1040. The van der Waals surface area contributed by atoms with E-state index in [-0.39, 0.29) is 12.0 Å². The average Bonchev–Trinajstić information content (AvgIpc) is 3.23. The predicted molar refractivity (Wildman–Crippen MR) is 131 cm³/mol. The summed E-state index contributed by atoms with van der Waals surface area (Å²) >= 11 is 0. The van der Waals surface area contributed by atoms with Gasteiger partial charge in [-0.1, -0.05) is 47.1 Å². The fourth-order valence-corrected chi connectivity index (χ4v) is 5.03. The first kappa shape index (κ1) is 22.0. The Balaban J connectivity index is 1.15. The molecule has 5 rings (SSSR count). The molecule has 174 valence electrons. The van der Waals surface area contributed by atoms with Gasteiger partial charge in [-0.05, 0) is 37.1 Å². The Morgan fingerprint density at radius 2 is 1.88 bits per heavy atom. The van der Waals surface area contributed by atoms with Gasteiger partial charge in [0.25, 0.3) is 0 Å². The van der Waals surface area contributed by atoms with Gasteiger partial charge < -0.3 is 14.3 Å². The van der Waals surface area contributed by atoms with Crippen molar-refractivity contribution in [3.8, 4) is 11.5 Å². The second-order valence-electron chi connectivity index (χ2n) is 9.33. The Morgan fingerprint density at radius 3 is 2.64 bits per heavy atom. The Kier molecular flexibility index (Phi) is 6.38. The van der Waals surface area contributed by atoms with Crippen molar-refractivity contribution >= 4 is 11.8 Å². The van der Waals surface area contributed by atoms with Crippen LogP contribution in [0.15, 0.2) is 53.2 Å². The van der Waals surface area contributed by atoms with E-state index in [1.54, 1.807) is 7.11 Å². The van der Waals surface area contributed by atoms with Crippen LogP contribution in [0.2, 0.25) is 0 Å². The summed E-state index contributed by atoms with van der Waals surface area (Å²) in [6.07, 6.45) is 2.32. The van der Waals surface area contributed by atoms with Gasteiger partial charge in [-0.2, -0.15) is 0 Å². The van der Waals surface area contributed by atoms with Crippen LogP contribution in [0.3, 0.4) is 0 Å². The maximum atomic E-state index is 6.10. The molecule has 3 heterocycles. The molecule has 0 bridgehead atoms. The maximum Gasteiger partial charge on any atom is 0.151 e. The van der Waals surface area contributed by atoms with E-state index in [0.29, 0.717) is 6.61 Å². The summed E-state index contributed by atoms with van der Waals surface area (Å²) in [5.74, 6) is 1.90. The highest BCUT2D eigenvalue weighted by Crippen LogP contribution is 2.37. The number of benzene rings is 2. The monoisotopic (exact) mass is 447 g/mol. The van der Waals surface area contributed by atoms with Crippen molar-refractivity contribution in [3.63, 3.8) is 0 Å². The molecule has 0 spiro atoms. The van der Waals surface area contributed by atoms with E-state index in [0.717, 1.165) is 67.6 Å². The van der Waals surface area contributed by atoms with E-state index in [2.05, 4.69) is 58.3 Å². The number of hydrogen-bond donors (Lipinski definition) is 0. The summed E-state index contributed by atoms with van der Waals surface area (Å²) < 4.78 is 11.6. The zero-order chi connectivity index (χ0) is 22.8. The SMILES string of the molecule is COc1cc2c(cc1C)OCC1C2=NOC1CN1CCN(CC(C)=Cc2ccccc2)CC1. The number of oxime groups is 1. The van der Waals surface area contributed by atoms with Gasteiger partial charge in [-0.15, -0.1) is 0 Å². The standard InChI is InChI=1S/C27H33N3O3/c1-19(13-21-7-5-4-6-8-21)16-29-9-11-30(12-10-29)17-26-23-18-32-25-14-20(2)24(31-3)15-22(25)27(23)28-33-26/h4-8,13-15,23,26H,9-12,16-18H2,1-3H3. The van der Waals surface area contributed by atoms with Gasteiger partial charge in [0.1, 0.15) is 23.8 Å². The van der Waals surface area contributed by atoms with Gasteiger partial charge in [0.15, 0.2) is 6.10 Å². The lowest BCUT2D eigenvalue weighted by atomic mass is 9.89. The lowest BCUT2D eigenvalue weighted by Gasteiger charge is -2.36. The van der Waals surface area contributed by atoms with E-state index in [1.807, 2.05) is 19.1 Å². The summed E-state index contributed by atoms with van der Waals surface area (Å²) in [5.41, 5.74) is 5.74. The third-order valence-electron chi connectivity index (χ3n) is 6.87. The first-order valence-electron chi connectivity index (χ1n) is 11.8. The molecule has 1 saturated heterocycles. The number of fused-ring (bicyclic) bond motifs is 3. The number of methoxy groups -OCH3 is 1.